The molecular formula is C66H40N2. The molecule has 0 N–H and O–H groups in total. The van der Waals surface area contributed by atoms with Crippen molar-refractivity contribution in [2.45, 2.75) is 10.8 Å². The van der Waals surface area contributed by atoms with Crippen LogP contribution in [0.2, 0.25) is 0 Å². The molecule has 2 spiro atoms. The lowest BCUT2D eigenvalue weighted by Crippen LogP contribution is -2.33. The van der Waals surface area contributed by atoms with Gasteiger partial charge in [0.05, 0.1) is 27.6 Å². The lowest BCUT2D eigenvalue weighted by molar-refractivity contribution is 0.748. The maximum absolute atomic E-state index is 2.54. The number of nitrogens with zero attached hydrogens (tertiary/aromatic N) is 2. The smallest absolute Gasteiger partial charge is 0.0755 e. The molecule has 3 aliphatic carbocycles. The maximum Gasteiger partial charge on any atom is 0.0755 e. The van der Waals surface area contributed by atoms with Gasteiger partial charge in [-0.15, -0.1) is 0 Å². The molecule has 0 fully saturated rings. The Morgan fingerprint density at radius 1 is 0.279 bits per heavy atom. The van der Waals surface area contributed by atoms with E-state index < -0.39 is 10.8 Å². The largest absolute Gasteiger partial charge is 0.310 e. The van der Waals surface area contributed by atoms with Crippen molar-refractivity contribution >= 4 is 49.6 Å². The molecule has 12 aromatic rings. The molecule has 314 valence electrons. The van der Waals surface area contributed by atoms with Crippen molar-refractivity contribution in [2.75, 3.05) is 4.90 Å². The van der Waals surface area contributed by atoms with Crippen molar-refractivity contribution in [2.24, 2.45) is 0 Å². The highest BCUT2D eigenvalue weighted by atomic mass is 15.1. The normalized spacial score (nSPS) is 15.8. The molecule has 11 aromatic carbocycles. The van der Waals surface area contributed by atoms with Crippen LogP contribution in [0.1, 0.15) is 44.5 Å². The fraction of sp³-hybridized carbons (Fsp3) is 0.0303. The van der Waals surface area contributed by atoms with Gasteiger partial charge < -0.3 is 9.47 Å². The third-order valence-electron chi connectivity index (χ3n) is 16.2. The number of para-hydroxylation sites is 3. The number of hydrogen-bond donors (Lipinski definition) is 0. The molecule has 16 rings (SSSR count). The predicted octanol–water partition coefficient (Wildman–Crippen LogP) is 16.4. The quantitative estimate of drug-likeness (QED) is 0.172. The van der Waals surface area contributed by atoms with Gasteiger partial charge in [-0.3, -0.25) is 0 Å². The Bertz CT molecular complexity index is 4120. The van der Waals surface area contributed by atoms with Crippen LogP contribution >= 0.6 is 0 Å². The third-order valence-corrected chi connectivity index (χ3v) is 16.2. The zero-order valence-electron chi connectivity index (χ0n) is 37.0. The maximum atomic E-state index is 2.54. The molecule has 0 saturated heterocycles. The molecule has 0 saturated carbocycles. The van der Waals surface area contributed by atoms with Gasteiger partial charge >= 0.3 is 0 Å². The molecule has 1 atom stereocenters. The lowest BCUT2D eigenvalue weighted by atomic mass is 9.65. The third kappa shape index (κ3) is 4.31. The summed E-state index contributed by atoms with van der Waals surface area (Å²) in [6, 6.07) is 91.9. The minimum atomic E-state index is -0.571. The molecule has 0 bridgehead atoms. The van der Waals surface area contributed by atoms with Gasteiger partial charge in [0.15, 0.2) is 0 Å². The van der Waals surface area contributed by atoms with E-state index in [9.17, 15) is 0 Å². The first-order chi connectivity index (χ1) is 33.7. The summed E-state index contributed by atoms with van der Waals surface area (Å²) in [5.74, 6) is 0. The van der Waals surface area contributed by atoms with Crippen LogP contribution in [-0.2, 0) is 10.8 Å². The standard InChI is InChI=1S/C66H40N2/c1-2-17-42-38-43(33-32-41(42)16-1)67(44-34-36-50-48-20-5-10-26-56(48)65(60(50)39-44)54-24-8-3-18-46(54)47-19-4-9-25-55(47)65)45-35-37-51-49-21-6-11-27-57(49)66(61(51)40-45)58-28-12-14-31-63(58)68-62-30-13-7-22-52(62)53-23-15-29-59(66)64(53)68/h1-40H. The Labute approximate surface area is 394 Å². The van der Waals surface area contributed by atoms with Gasteiger partial charge in [0.1, 0.15) is 0 Å². The second-order valence-corrected chi connectivity index (χ2v) is 19.1. The van der Waals surface area contributed by atoms with Gasteiger partial charge in [-0.05, 0) is 137 Å². The van der Waals surface area contributed by atoms with Gasteiger partial charge in [-0.1, -0.05) is 194 Å². The second kappa shape index (κ2) is 13.0. The van der Waals surface area contributed by atoms with E-state index in [0.29, 0.717) is 0 Å². The lowest BCUT2D eigenvalue weighted by Gasteiger charge is -2.40. The van der Waals surface area contributed by atoms with E-state index >= 15 is 0 Å². The molecule has 0 amide bonds. The highest BCUT2D eigenvalue weighted by Gasteiger charge is 2.53. The number of hydrogen-bond acceptors (Lipinski definition) is 1. The molecule has 2 heteroatoms. The zero-order valence-corrected chi connectivity index (χ0v) is 37.0. The summed E-state index contributed by atoms with van der Waals surface area (Å²) in [7, 11) is 0. The van der Waals surface area contributed by atoms with Crippen molar-refractivity contribution in [3.05, 3.63) is 287 Å². The van der Waals surface area contributed by atoms with Crippen molar-refractivity contribution in [1.82, 2.24) is 4.57 Å². The first-order valence-corrected chi connectivity index (χ1v) is 23.8. The van der Waals surface area contributed by atoms with E-state index in [1.807, 2.05) is 0 Å². The SMILES string of the molecule is c1ccc2c(c1)-c1ccccc1C21c2ccccc2-c2ccc(N(c3ccc4c(c3)C3(c5ccccc5-4)c4ccccc4-n4c5ccccc5c5cccc3c54)c3ccc4ccccc4c3)cc21. The molecule has 68 heavy (non-hydrogen) atoms. The van der Waals surface area contributed by atoms with Crippen molar-refractivity contribution in [3.8, 4) is 39.1 Å². The van der Waals surface area contributed by atoms with Crippen LogP contribution in [0.3, 0.4) is 0 Å². The monoisotopic (exact) mass is 860 g/mol. The first-order valence-electron chi connectivity index (χ1n) is 23.8. The van der Waals surface area contributed by atoms with Crippen LogP contribution in [0.4, 0.5) is 17.1 Å². The van der Waals surface area contributed by atoms with Gasteiger partial charge in [0, 0.05) is 27.8 Å². The Morgan fingerprint density at radius 2 is 0.706 bits per heavy atom. The summed E-state index contributed by atoms with van der Waals surface area (Å²) in [6.07, 6.45) is 0. The van der Waals surface area contributed by atoms with E-state index in [-0.39, 0.29) is 0 Å². The van der Waals surface area contributed by atoms with Crippen LogP contribution in [0.25, 0.3) is 71.6 Å². The molecule has 2 nitrogen and oxygen atoms in total. The molecule has 1 unspecified atom stereocenters. The van der Waals surface area contributed by atoms with E-state index in [0.717, 1.165) is 17.1 Å². The van der Waals surface area contributed by atoms with Gasteiger partial charge in [-0.25, -0.2) is 0 Å². The predicted molar refractivity (Wildman–Crippen MR) is 280 cm³/mol. The summed E-state index contributed by atoms with van der Waals surface area (Å²) in [6.45, 7) is 0. The van der Waals surface area contributed by atoms with Gasteiger partial charge in [0.2, 0.25) is 0 Å². The average Bonchev–Trinajstić information content (AvgIpc) is 4.10. The number of fused-ring (bicyclic) bond motifs is 23. The first kappa shape index (κ1) is 36.5. The zero-order chi connectivity index (χ0) is 44.3. The molecule has 2 heterocycles. The van der Waals surface area contributed by atoms with Crippen LogP contribution < -0.4 is 4.90 Å². The fourth-order valence-corrected chi connectivity index (χ4v) is 13.7. The van der Waals surface area contributed by atoms with E-state index in [2.05, 4.69) is 252 Å². The highest BCUT2D eigenvalue weighted by molar-refractivity contribution is 6.13. The second-order valence-electron chi connectivity index (χ2n) is 19.1. The number of rotatable bonds is 3. The minimum absolute atomic E-state index is 0.462. The van der Waals surface area contributed by atoms with E-state index in [1.54, 1.807) is 0 Å². The van der Waals surface area contributed by atoms with Crippen molar-refractivity contribution in [3.63, 3.8) is 0 Å². The Kier molecular flexibility index (Phi) is 6.98. The summed E-state index contributed by atoms with van der Waals surface area (Å²) >= 11 is 0. The number of aromatic nitrogens is 1. The summed E-state index contributed by atoms with van der Waals surface area (Å²) in [4.78, 5) is 2.53. The molecule has 4 aliphatic rings. The Balaban J connectivity index is 0.994. The van der Waals surface area contributed by atoms with Gasteiger partial charge in [-0.2, -0.15) is 0 Å². The number of anilines is 3. The molecule has 1 aliphatic heterocycles. The van der Waals surface area contributed by atoms with E-state index in [1.165, 1.54) is 116 Å². The summed E-state index contributed by atoms with van der Waals surface area (Å²) < 4.78 is 2.53. The molecule has 0 radical (unpaired) electrons. The van der Waals surface area contributed by atoms with Crippen molar-refractivity contribution in [1.29, 1.82) is 0 Å². The molecule has 1 aromatic heterocycles. The van der Waals surface area contributed by atoms with Crippen LogP contribution in [0.5, 0.6) is 0 Å². The van der Waals surface area contributed by atoms with Crippen molar-refractivity contribution < 1.29 is 0 Å². The summed E-state index contributed by atoms with van der Waals surface area (Å²) in [5, 5.41) is 5.01. The Hall–Kier alpha value is -8.72. The molecular weight excluding hydrogens is 821 g/mol. The number of benzene rings is 11. The fourth-order valence-electron chi connectivity index (χ4n) is 13.7. The highest BCUT2D eigenvalue weighted by Crippen LogP contribution is 2.65. The minimum Gasteiger partial charge on any atom is -0.310 e. The average molecular weight is 861 g/mol. The van der Waals surface area contributed by atoms with Gasteiger partial charge in [0.25, 0.3) is 0 Å². The summed E-state index contributed by atoms with van der Waals surface area (Å²) in [5.41, 5.74) is 24.5. The van der Waals surface area contributed by atoms with E-state index in [4.69, 9.17) is 0 Å². The topological polar surface area (TPSA) is 8.17 Å². The Morgan fingerprint density at radius 3 is 1.32 bits per heavy atom. The van der Waals surface area contributed by atoms with Crippen LogP contribution in [0, 0.1) is 0 Å². The van der Waals surface area contributed by atoms with Crippen LogP contribution in [0.15, 0.2) is 243 Å². The van der Waals surface area contributed by atoms with Crippen LogP contribution in [-0.4, -0.2) is 4.57 Å².